The minimum Gasteiger partial charge on any atom is -0.253 e. The van der Waals surface area contributed by atoms with Crippen molar-refractivity contribution in [2.24, 2.45) is 0 Å². The van der Waals surface area contributed by atoms with Gasteiger partial charge in [-0.25, -0.2) is 0 Å². The first-order chi connectivity index (χ1) is 10.3. The van der Waals surface area contributed by atoms with Crippen LogP contribution in [0.15, 0.2) is 24.4 Å². The number of hydrogen-bond donors (Lipinski definition) is 0. The molecule has 0 spiro atoms. The van der Waals surface area contributed by atoms with Crippen molar-refractivity contribution in [2.75, 3.05) is 0 Å². The van der Waals surface area contributed by atoms with Crippen molar-refractivity contribution in [2.45, 2.75) is 72.3 Å². The molecule has 120 valence electrons. The maximum Gasteiger partial charge on any atom is 0.0833 e. The van der Waals surface area contributed by atoms with Gasteiger partial charge in [-0.05, 0) is 54.7 Å². The van der Waals surface area contributed by atoms with E-state index in [-0.39, 0.29) is 5.41 Å². The lowest BCUT2D eigenvalue weighted by Gasteiger charge is -2.24. The second-order valence-electron chi connectivity index (χ2n) is 7.20. The van der Waals surface area contributed by atoms with E-state index in [1.807, 2.05) is 4.68 Å². The Morgan fingerprint density at radius 1 is 1.18 bits per heavy atom. The van der Waals surface area contributed by atoms with E-state index >= 15 is 0 Å². The van der Waals surface area contributed by atoms with Crippen LogP contribution < -0.4 is 0 Å². The number of hydrogen-bond acceptors (Lipinski definition) is 2. The molecule has 0 saturated carbocycles. The van der Waals surface area contributed by atoms with E-state index in [2.05, 4.69) is 76.3 Å². The molecule has 3 nitrogen and oxygen atoms in total. The molecule has 0 aliphatic heterocycles. The van der Waals surface area contributed by atoms with Crippen LogP contribution in [-0.4, -0.2) is 15.0 Å². The highest BCUT2D eigenvalue weighted by Crippen LogP contribution is 2.31. The molecular formula is C19H29N3. The zero-order valence-electron chi connectivity index (χ0n) is 14.8. The highest BCUT2D eigenvalue weighted by Gasteiger charge is 2.19. The Labute approximate surface area is 134 Å². The van der Waals surface area contributed by atoms with Crippen LogP contribution in [0.2, 0.25) is 0 Å². The van der Waals surface area contributed by atoms with Crippen LogP contribution in [0.4, 0.5) is 0 Å². The van der Waals surface area contributed by atoms with Crippen LogP contribution in [0.1, 0.15) is 69.3 Å². The van der Waals surface area contributed by atoms with Crippen LogP contribution in [0, 0.1) is 6.92 Å². The SMILES string of the molecule is CCC(Cc1cn(CC)nn1)c1cc(C(C)(C)C)ccc1C. The summed E-state index contributed by atoms with van der Waals surface area (Å²) in [5.41, 5.74) is 5.52. The monoisotopic (exact) mass is 299 g/mol. The molecule has 1 atom stereocenters. The van der Waals surface area contributed by atoms with Gasteiger partial charge in [0.05, 0.1) is 5.69 Å². The standard InChI is InChI=1S/C19H29N3/c1-7-15(11-17-13-22(8-2)21-20-17)18-12-16(19(4,5)6)10-9-14(18)3/h9-10,12-13,15H,7-8,11H2,1-6H3. The van der Waals surface area contributed by atoms with E-state index in [1.165, 1.54) is 16.7 Å². The third-order valence-electron chi connectivity index (χ3n) is 4.44. The Hall–Kier alpha value is -1.64. The molecular weight excluding hydrogens is 270 g/mol. The van der Waals surface area contributed by atoms with Crippen LogP contribution in [0.25, 0.3) is 0 Å². The van der Waals surface area contributed by atoms with Crippen LogP contribution in [0.5, 0.6) is 0 Å². The highest BCUT2D eigenvalue weighted by atomic mass is 15.4. The van der Waals surface area contributed by atoms with E-state index in [0.29, 0.717) is 5.92 Å². The minimum atomic E-state index is 0.187. The predicted molar refractivity (Wildman–Crippen MR) is 92.3 cm³/mol. The molecule has 0 aliphatic rings. The summed E-state index contributed by atoms with van der Waals surface area (Å²) >= 11 is 0. The van der Waals surface area contributed by atoms with Crippen LogP contribution >= 0.6 is 0 Å². The summed E-state index contributed by atoms with van der Waals surface area (Å²) in [7, 11) is 0. The van der Waals surface area contributed by atoms with Crippen LogP contribution in [0.3, 0.4) is 0 Å². The molecule has 0 radical (unpaired) electrons. The van der Waals surface area contributed by atoms with Crippen molar-refractivity contribution in [1.29, 1.82) is 0 Å². The van der Waals surface area contributed by atoms with Crippen molar-refractivity contribution in [3.63, 3.8) is 0 Å². The lowest BCUT2D eigenvalue weighted by molar-refractivity contribution is 0.583. The van der Waals surface area contributed by atoms with Crippen molar-refractivity contribution in [3.8, 4) is 0 Å². The summed E-state index contributed by atoms with van der Waals surface area (Å²) in [5, 5.41) is 8.48. The van der Waals surface area contributed by atoms with Gasteiger partial charge in [0.2, 0.25) is 0 Å². The quantitative estimate of drug-likeness (QED) is 0.805. The van der Waals surface area contributed by atoms with E-state index in [9.17, 15) is 0 Å². The Bertz CT molecular complexity index is 620. The van der Waals surface area contributed by atoms with Gasteiger partial charge in [0.1, 0.15) is 0 Å². The number of aryl methyl sites for hydroxylation is 2. The number of benzene rings is 1. The van der Waals surface area contributed by atoms with E-state index < -0.39 is 0 Å². The number of aromatic nitrogens is 3. The van der Waals surface area contributed by atoms with Gasteiger partial charge in [-0.3, -0.25) is 4.68 Å². The Balaban J connectivity index is 2.30. The van der Waals surface area contributed by atoms with Gasteiger partial charge in [-0.15, -0.1) is 5.10 Å². The zero-order valence-corrected chi connectivity index (χ0v) is 14.8. The topological polar surface area (TPSA) is 30.7 Å². The molecule has 0 bridgehead atoms. The van der Waals surface area contributed by atoms with E-state index in [1.54, 1.807) is 0 Å². The Morgan fingerprint density at radius 2 is 1.91 bits per heavy atom. The normalized spacial score (nSPS) is 13.4. The average molecular weight is 299 g/mol. The van der Waals surface area contributed by atoms with E-state index in [4.69, 9.17) is 0 Å². The highest BCUT2D eigenvalue weighted by molar-refractivity contribution is 5.37. The number of rotatable bonds is 5. The van der Waals surface area contributed by atoms with Gasteiger partial charge in [0.15, 0.2) is 0 Å². The molecule has 1 heterocycles. The van der Waals surface area contributed by atoms with Crippen LogP contribution in [-0.2, 0) is 18.4 Å². The fraction of sp³-hybridized carbons (Fsp3) is 0.579. The maximum atomic E-state index is 4.31. The predicted octanol–water partition coefficient (Wildman–Crippen LogP) is 4.64. The molecule has 1 aromatic carbocycles. The zero-order chi connectivity index (χ0) is 16.3. The maximum absolute atomic E-state index is 4.31. The van der Waals surface area contributed by atoms with Gasteiger partial charge in [0.25, 0.3) is 0 Å². The lowest BCUT2D eigenvalue weighted by atomic mass is 9.81. The van der Waals surface area contributed by atoms with Gasteiger partial charge in [-0.2, -0.15) is 0 Å². The molecule has 1 aromatic heterocycles. The van der Waals surface area contributed by atoms with Crippen molar-refractivity contribution in [3.05, 3.63) is 46.8 Å². The fourth-order valence-corrected chi connectivity index (χ4v) is 2.86. The average Bonchev–Trinajstić information content (AvgIpc) is 2.92. The van der Waals surface area contributed by atoms with Gasteiger partial charge >= 0.3 is 0 Å². The van der Waals surface area contributed by atoms with Crippen molar-refractivity contribution in [1.82, 2.24) is 15.0 Å². The van der Waals surface area contributed by atoms with Gasteiger partial charge in [0, 0.05) is 12.7 Å². The first-order valence-electron chi connectivity index (χ1n) is 8.35. The Morgan fingerprint density at radius 3 is 2.45 bits per heavy atom. The second kappa shape index (κ2) is 6.64. The molecule has 3 heteroatoms. The summed E-state index contributed by atoms with van der Waals surface area (Å²) < 4.78 is 1.90. The van der Waals surface area contributed by atoms with Gasteiger partial charge < -0.3 is 0 Å². The summed E-state index contributed by atoms with van der Waals surface area (Å²) in [6.45, 7) is 14.3. The summed E-state index contributed by atoms with van der Waals surface area (Å²) in [4.78, 5) is 0. The smallest absolute Gasteiger partial charge is 0.0833 e. The Kier molecular flexibility index (Phi) is 5.05. The molecule has 22 heavy (non-hydrogen) atoms. The second-order valence-corrected chi connectivity index (χ2v) is 7.20. The van der Waals surface area contributed by atoms with Gasteiger partial charge in [-0.1, -0.05) is 51.1 Å². The molecule has 0 fully saturated rings. The molecule has 0 amide bonds. The molecule has 2 rings (SSSR count). The largest absolute Gasteiger partial charge is 0.253 e. The summed E-state index contributed by atoms with van der Waals surface area (Å²) in [6.07, 6.45) is 4.16. The minimum absolute atomic E-state index is 0.187. The first-order valence-corrected chi connectivity index (χ1v) is 8.35. The van der Waals surface area contributed by atoms with Crippen molar-refractivity contribution >= 4 is 0 Å². The molecule has 1 unspecified atom stereocenters. The first kappa shape index (κ1) is 16.7. The summed E-state index contributed by atoms with van der Waals surface area (Å²) in [5.74, 6) is 0.504. The molecule has 2 aromatic rings. The molecule has 0 saturated heterocycles. The third kappa shape index (κ3) is 3.76. The lowest BCUT2D eigenvalue weighted by Crippen LogP contribution is -2.13. The fourth-order valence-electron chi connectivity index (χ4n) is 2.86. The summed E-state index contributed by atoms with van der Waals surface area (Å²) in [6, 6.07) is 6.92. The number of nitrogens with zero attached hydrogens (tertiary/aromatic N) is 3. The molecule has 0 N–H and O–H groups in total. The van der Waals surface area contributed by atoms with Crippen molar-refractivity contribution < 1.29 is 0 Å². The van der Waals surface area contributed by atoms with E-state index in [0.717, 1.165) is 25.1 Å². The molecule has 0 aliphatic carbocycles. The third-order valence-corrected chi connectivity index (χ3v) is 4.44.